The molecule has 4 heteroatoms. The lowest BCUT2D eigenvalue weighted by Crippen LogP contribution is -2.36. The maximum atomic E-state index is 12.0. The van der Waals surface area contributed by atoms with Crippen molar-refractivity contribution in [1.29, 1.82) is 0 Å². The average Bonchev–Trinajstić information content (AvgIpc) is 2.41. The lowest BCUT2D eigenvalue weighted by molar-refractivity contribution is -0.116. The van der Waals surface area contributed by atoms with E-state index in [9.17, 15) is 4.79 Å². The molecule has 1 aromatic carbocycles. The summed E-state index contributed by atoms with van der Waals surface area (Å²) in [5.41, 5.74) is 2.35. The van der Waals surface area contributed by atoms with Gasteiger partial charge < -0.3 is 9.64 Å². The van der Waals surface area contributed by atoms with Gasteiger partial charge in [-0.1, -0.05) is 13.0 Å². The quantitative estimate of drug-likeness (QED) is 0.767. The van der Waals surface area contributed by atoms with Gasteiger partial charge in [0.05, 0.1) is 11.4 Å². The van der Waals surface area contributed by atoms with Crippen LogP contribution in [0.4, 0.5) is 5.69 Å². The lowest BCUT2D eigenvalue weighted by atomic mass is 10.1. The third-order valence-corrected chi connectivity index (χ3v) is 4.15. The van der Waals surface area contributed by atoms with E-state index < -0.39 is 0 Å². The fourth-order valence-corrected chi connectivity index (χ4v) is 3.00. The molecule has 0 fully saturated rings. The van der Waals surface area contributed by atoms with Crippen LogP contribution in [0.3, 0.4) is 0 Å². The van der Waals surface area contributed by atoms with Crippen molar-refractivity contribution in [2.45, 2.75) is 24.7 Å². The van der Waals surface area contributed by atoms with Crippen LogP contribution in [-0.4, -0.2) is 31.9 Å². The molecule has 2 rings (SSSR count). The van der Waals surface area contributed by atoms with Crippen molar-refractivity contribution < 1.29 is 9.53 Å². The molecule has 1 aliphatic rings. The van der Waals surface area contributed by atoms with E-state index >= 15 is 0 Å². The van der Waals surface area contributed by atoms with Crippen molar-refractivity contribution in [1.82, 2.24) is 0 Å². The Hall–Kier alpha value is -1.000. The normalized spacial score (nSPS) is 14.8. The number of amides is 1. The molecule has 98 valence electrons. The number of nitrogens with zero attached hydrogens (tertiary/aromatic N) is 1. The van der Waals surface area contributed by atoms with Crippen LogP contribution >= 0.6 is 11.8 Å². The number of carbonyl (C=O) groups excluding carboxylic acids is 1. The van der Waals surface area contributed by atoms with Gasteiger partial charge in [0, 0.05) is 25.2 Å². The highest BCUT2D eigenvalue weighted by molar-refractivity contribution is 8.00. The molecule has 1 aromatic rings. The molecular weight excluding hydrogens is 246 g/mol. The van der Waals surface area contributed by atoms with E-state index in [2.05, 4.69) is 25.1 Å². The van der Waals surface area contributed by atoms with Crippen LogP contribution in [0.2, 0.25) is 0 Å². The van der Waals surface area contributed by atoms with Crippen LogP contribution in [0.5, 0.6) is 0 Å². The first-order chi connectivity index (χ1) is 8.76. The number of rotatable bonds is 5. The van der Waals surface area contributed by atoms with Crippen molar-refractivity contribution in [2.75, 3.05) is 30.9 Å². The topological polar surface area (TPSA) is 29.5 Å². The predicted molar refractivity (Wildman–Crippen MR) is 75.4 cm³/mol. The molecule has 1 aliphatic heterocycles. The number of hydrogen-bond acceptors (Lipinski definition) is 3. The van der Waals surface area contributed by atoms with Crippen molar-refractivity contribution in [3.63, 3.8) is 0 Å². The molecule has 0 aliphatic carbocycles. The van der Waals surface area contributed by atoms with Crippen LogP contribution in [0, 0.1) is 0 Å². The second-order valence-electron chi connectivity index (χ2n) is 4.34. The van der Waals surface area contributed by atoms with E-state index in [1.54, 1.807) is 18.9 Å². The van der Waals surface area contributed by atoms with Crippen molar-refractivity contribution in [3.8, 4) is 0 Å². The Morgan fingerprint density at radius 2 is 2.28 bits per heavy atom. The molecule has 0 aromatic heterocycles. The zero-order chi connectivity index (χ0) is 13.0. The molecule has 0 unspecified atom stereocenters. The van der Waals surface area contributed by atoms with E-state index in [-0.39, 0.29) is 5.91 Å². The summed E-state index contributed by atoms with van der Waals surface area (Å²) in [7, 11) is 1.69. The highest BCUT2D eigenvalue weighted by atomic mass is 32.2. The summed E-state index contributed by atoms with van der Waals surface area (Å²) in [6.07, 6.45) is 1.88. The third kappa shape index (κ3) is 2.87. The minimum Gasteiger partial charge on any atom is -0.385 e. The van der Waals surface area contributed by atoms with Gasteiger partial charge in [-0.25, -0.2) is 0 Å². The molecule has 1 amide bonds. The number of methoxy groups -OCH3 is 1. The second kappa shape index (κ2) is 6.25. The first-order valence-corrected chi connectivity index (χ1v) is 7.30. The summed E-state index contributed by atoms with van der Waals surface area (Å²) in [5, 5.41) is 0. The molecule has 1 heterocycles. The zero-order valence-electron chi connectivity index (χ0n) is 10.9. The Morgan fingerprint density at radius 1 is 1.44 bits per heavy atom. The maximum absolute atomic E-state index is 12.0. The summed E-state index contributed by atoms with van der Waals surface area (Å²) in [6.45, 7) is 3.57. The van der Waals surface area contributed by atoms with E-state index in [0.717, 1.165) is 25.1 Å². The number of anilines is 1. The maximum Gasteiger partial charge on any atom is 0.237 e. The first-order valence-electron chi connectivity index (χ1n) is 6.31. The third-order valence-electron chi connectivity index (χ3n) is 3.10. The van der Waals surface area contributed by atoms with Crippen LogP contribution in [0.25, 0.3) is 0 Å². The molecule has 0 spiro atoms. The number of fused-ring (bicyclic) bond motifs is 1. The smallest absolute Gasteiger partial charge is 0.237 e. The highest BCUT2D eigenvalue weighted by Crippen LogP contribution is 2.36. The summed E-state index contributed by atoms with van der Waals surface area (Å²) in [4.78, 5) is 15.1. The number of carbonyl (C=O) groups is 1. The van der Waals surface area contributed by atoms with Crippen molar-refractivity contribution >= 4 is 23.4 Å². The number of thioether (sulfide) groups is 1. The molecule has 0 N–H and O–H groups in total. The minimum atomic E-state index is 0.205. The number of hydrogen-bond donors (Lipinski definition) is 0. The largest absolute Gasteiger partial charge is 0.385 e. The first kappa shape index (κ1) is 13.4. The van der Waals surface area contributed by atoms with Crippen LogP contribution in [0.1, 0.15) is 18.9 Å². The van der Waals surface area contributed by atoms with Gasteiger partial charge in [-0.05, 0) is 30.5 Å². The Morgan fingerprint density at radius 3 is 3.00 bits per heavy atom. The molecule has 0 bridgehead atoms. The fraction of sp³-hybridized carbons (Fsp3) is 0.500. The van der Waals surface area contributed by atoms with E-state index in [0.29, 0.717) is 12.4 Å². The summed E-state index contributed by atoms with van der Waals surface area (Å²) < 4.78 is 5.06. The SMILES string of the molecule is CCc1ccc2c(c1)N(CCCOC)C(=O)CS2. The van der Waals surface area contributed by atoms with Crippen molar-refractivity contribution in [2.24, 2.45) is 0 Å². The number of aryl methyl sites for hydroxylation is 1. The molecule has 0 radical (unpaired) electrons. The summed E-state index contributed by atoms with van der Waals surface area (Å²) in [6, 6.07) is 6.43. The van der Waals surface area contributed by atoms with Crippen molar-refractivity contribution in [3.05, 3.63) is 23.8 Å². The Bertz CT molecular complexity index is 434. The van der Waals surface area contributed by atoms with Crippen LogP contribution in [0.15, 0.2) is 23.1 Å². The Labute approximate surface area is 113 Å². The number of ether oxygens (including phenoxy) is 1. The van der Waals surface area contributed by atoms with E-state index in [1.807, 2.05) is 4.90 Å². The van der Waals surface area contributed by atoms with Crippen LogP contribution in [-0.2, 0) is 16.0 Å². The van der Waals surface area contributed by atoms with Gasteiger partial charge in [0.25, 0.3) is 0 Å². The van der Waals surface area contributed by atoms with Gasteiger partial charge in [-0.2, -0.15) is 0 Å². The van der Waals surface area contributed by atoms with Gasteiger partial charge >= 0.3 is 0 Å². The highest BCUT2D eigenvalue weighted by Gasteiger charge is 2.24. The fourth-order valence-electron chi connectivity index (χ4n) is 2.08. The molecular formula is C14H19NO2S. The van der Waals surface area contributed by atoms with E-state index in [4.69, 9.17) is 4.74 Å². The van der Waals surface area contributed by atoms with Gasteiger partial charge in [-0.3, -0.25) is 4.79 Å². The molecule has 0 saturated heterocycles. The Balaban J connectivity index is 2.21. The summed E-state index contributed by atoms with van der Waals surface area (Å²) in [5.74, 6) is 0.752. The molecule has 3 nitrogen and oxygen atoms in total. The molecule has 0 atom stereocenters. The molecule has 0 saturated carbocycles. The lowest BCUT2D eigenvalue weighted by Gasteiger charge is -2.29. The Kier molecular flexibility index (Phi) is 4.66. The van der Waals surface area contributed by atoms with Gasteiger partial charge in [0.2, 0.25) is 5.91 Å². The number of benzene rings is 1. The minimum absolute atomic E-state index is 0.205. The predicted octanol–water partition coefficient (Wildman–Crippen LogP) is 2.72. The zero-order valence-corrected chi connectivity index (χ0v) is 11.8. The van der Waals surface area contributed by atoms with Gasteiger partial charge in [0.15, 0.2) is 0 Å². The van der Waals surface area contributed by atoms with Crippen LogP contribution < -0.4 is 4.90 Å². The van der Waals surface area contributed by atoms with Gasteiger partial charge in [-0.15, -0.1) is 11.8 Å². The monoisotopic (exact) mass is 265 g/mol. The average molecular weight is 265 g/mol. The van der Waals surface area contributed by atoms with E-state index in [1.165, 1.54) is 10.5 Å². The van der Waals surface area contributed by atoms with Gasteiger partial charge in [0.1, 0.15) is 0 Å². The standard InChI is InChI=1S/C14H19NO2S/c1-3-11-5-6-13-12(9-11)15(7-4-8-17-2)14(16)10-18-13/h5-6,9H,3-4,7-8,10H2,1-2H3. The second-order valence-corrected chi connectivity index (χ2v) is 5.35. The molecule has 18 heavy (non-hydrogen) atoms. The summed E-state index contributed by atoms with van der Waals surface area (Å²) >= 11 is 1.64.